The van der Waals surface area contributed by atoms with Crippen LogP contribution in [0, 0.1) is 5.92 Å². The number of nitrogens with one attached hydrogen (secondary N) is 1. The fraction of sp³-hybridized carbons (Fsp3) is 0.400. The third-order valence-corrected chi connectivity index (χ3v) is 4.86. The zero-order valence-corrected chi connectivity index (χ0v) is 13.6. The highest BCUT2D eigenvalue weighted by Crippen LogP contribution is 2.35. The molecule has 0 aliphatic heterocycles. The number of anilines is 1. The van der Waals surface area contributed by atoms with Crippen molar-refractivity contribution in [1.82, 2.24) is 5.32 Å². The van der Waals surface area contributed by atoms with Crippen LogP contribution >= 0.6 is 22.9 Å². The van der Waals surface area contributed by atoms with Gasteiger partial charge in [0.1, 0.15) is 4.88 Å². The van der Waals surface area contributed by atoms with E-state index >= 15 is 0 Å². The van der Waals surface area contributed by atoms with E-state index in [9.17, 15) is 4.79 Å². The van der Waals surface area contributed by atoms with Crippen LogP contribution < -0.4 is 11.1 Å². The van der Waals surface area contributed by atoms with Crippen molar-refractivity contribution in [2.75, 3.05) is 12.3 Å². The molecule has 1 unspecified atom stereocenters. The lowest BCUT2D eigenvalue weighted by atomic mass is 10.0. The predicted molar refractivity (Wildman–Crippen MR) is 89.0 cm³/mol. The van der Waals surface area contributed by atoms with E-state index in [1.165, 1.54) is 11.3 Å². The minimum absolute atomic E-state index is 0.0423. The molecule has 0 radical (unpaired) electrons. The Morgan fingerprint density at radius 2 is 2.19 bits per heavy atom. The lowest BCUT2D eigenvalue weighted by Crippen LogP contribution is -2.39. The van der Waals surface area contributed by atoms with E-state index in [2.05, 4.69) is 5.32 Å². The molecule has 1 atom stereocenters. The summed E-state index contributed by atoms with van der Waals surface area (Å²) < 4.78 is 0.897. The summed E-state index contributed by atoms with van der Waals surface area (Å²) in [5, 5.41) is 13.5. The topological polar surface area (TPSA) is 75.3 Å². The Morgan fingerprint density at radius 3 is 2.81 bits per heavy atom. The summed E-state index contributed by atoms with van der Waals surface area (Å²) in [4.78, 5) is 12.9. The molecule has 0 saturated carbocycles. The van der Waals surface area contributed by atoms with Crippen LogP contribution in [0.3, 0.4) is 0 Å². The highest BCUT2D eigenvalue weighted by molar-refractivity contribution is 7.21. The van der Waals surface area contributed by atoms with Crippen molar-refractivity contribution in [3.63, 3.8) is 0 Å². The minimum Gasteiger partial charge on any atom is -0.397 e. The lowest BCUT2D eigenvalue weighted by molar-refractivity contribution is 0.0921. The molecule has 0 aliphatic carbocycles. The Kier molecular flexibility index (Phi) is 5.08. The average Bonchev–Trinajstić information content (AvgIpc) is 2.74. The van der Waals surface area contributed by atoms with E-state index < -0.39 is 0 Å². The third-order valence-electron chi connectivity index (χ3n) is 3.46. The van der Waals surface area contributed by atoms with Gasteiger partial charge >= 0.3 is 0 Å². The van der Waals surface area contributed by atoms with Crippen LogP contribution in [0.25, 0.3) is 10.1 Å². The van der Waals surface area contributed by atoms with Gasteiger partial charge in [-0.15, -0.1) is 11.3 Å². The number of hydrogen-bond acceptors (Lipinski definition) is 4. The first-order valence-corrected chi connectivity index (χ1v) is 8.02. The highest BCUT2D eigenvalue weighted by Gasteiger charge is 2.21. The van der Waals surface area contributed by atoms with Crippen molar-refractivity contribution >= 4 is 44.6 Å². The van der Waals surface area contributed by atoms with Crippen molar-refractivity contribution in [3.8, 4) is 0 Å². The van der Waals surface area contributed by atoms with Gasteiger partial charge in [-0.2, -0.15) is 0 Å². The van der Waals surface area contributed by atoms with Crippen molar-refractivity contribution in [3.05, 3.63) is 28.1 Å². The van der Waals surface area contributed by atoms with Gasteiger partial charge in [0.25, 0.3) is 5.91 Å². The maximum atomic E-state index is 12.4. The smallest absolute Gasteiger partial charge is 0.263 e. The summed E-state index contributed by atoms with van der Waals surface area (Å²) in [6.45, 7) is 4.06. The first kappa shape index (κ1) is 16.1. The monoisotopic (exact) mass is 326 g/mol. The molecule has 21 heavy (non-hydrogen) atoms. The van der Waals surface area contributed by atoms with E-state index in [4.69, 9.17) is 22.4 Å². The Morgan fingerprint density at radius 1 is 1.48 bits per heavy atom. The number of rotatable bonds is 5. The molecule has 0 fully saturated rings. The fourth-order valence-electron chi connectivity index (χ4n) is 2.20. The second-order valence-electron chi connectivity index (χ2n) is 5.32. The van der Waals surface area contributed by atoms with E-state index in [-0.39, 0.29) is 24.5 Å². The summed E-state index contributed by atoms with van der Waals surface area (Å²) in [7, 11) is 0. The van der Waals surface area contributed by atoms with Crippen molar-refractivity contribution in [2.45, 2.75) is 26.3 Å². The van der Waals surface area contributed by atoms with Crippen LogP contribution in [0.5, 0.6) is 0 Å². The van der Waals surface area contributed by atoms with Gasteiger partial charge in [-0.1, -0.05) is 25.4 Å². The molecule has 2 rings (SSSR count). The maximum absolute atomic E-state index is 12.4. The predicted octanol–water partition coefficient (Wildman–Crippen LogP) is 3.27. The van der Waals surface area contributed by atoms with Gasteiger partial charge in [-0.25, -0.2) is 0 Å². The van der Waals surface area contributed by atoms with E-state index in [0.29, 0.717) is 22.0 Å². The molecular weight excluding hydrogens is 308 g/mol. The van der Waals surface area contributed by atoms with Crippen molar-refractivity contribution in [2.24, 2.45) is 5.92 Å². The van der Waals surface area contributed by atoms with Crippen molar-refractivity contribution in [1.29, 1.82) is 0 Å². The summed E-state index contributed by atoms with van der Waals surface area (Å²) in [5.41, 5.74) is 6.55. The molecule has 0 saturated heterocycles. The van der Waals surface area contributed by atoms with Gasteiger partial charge in [0.15, 0.2) is 0 Å². The molecule has 2 aromatic rings. The normalized spacial score (nSPS) is 12.8. The Hall–Kier alpha value is -1.30. The van der Waals surface area contributed by atoms with Gasteiger partial charge < -0.3 is 16.2 Å². The number of nitrogen functional groups attached to an aromatic ring is 1. The average molecular weight is 327 g/mol. The molecule has 114 valence electrons. The lowest BCUT2D eigenvalue weighted by Gasteiger charge is -2.21. The van der Waals surface area contributed by atoms with Gasteiger partial charge in [-0.05, 0) is 30.5 Å². The molecule has 0 bridgehead atoms. The molecule has 1 aromatic carbocycles. The van der Waals surface area contributed by atoms with Crippen LogP contribution in [-0.2, 0) is 0 Å². The Balaban J connectivity index is 2.28. The number of aliphatic hydroxyl groups excluding tert-OH is 1. The maximum Gasteiger partial charge on any atom is 0.263 e. The summed E-state index contributed by atoms with van der Waals surface area (Å²) >= 11 is 7.30. The molecule has 1 heterocycles. The number of carbonyl (C=O) groups excluding carboxylic acids is 1. The summed E-state index contributed by atoms with van der Waals surface area (Å²) in [5.74, 6) is 0.0446. The third kappa shape index (κ3) is 3.48. The number of fused-ring (bicyclic) bond motifs is 1. The zero-order chi connectivity index (χ0) is 15.6. The number of carbonyl (C=O) groups is 1. The summed E-state index contributed by atoms with van der Waals surface area (Å²) in [6, 6.07) is 5.32. The van der Waals surface area contributed by atoms with Crippen LogP contribution in [0.2, 0.25) is 5.02 Å². The standard InChI is InChI=1S/C15H19ClN2O2S/c1-8(2)11(5-6-19)18-15(20)14-13(17)10-4-3-9(16)7-12(10)21-14/h3-4,7-8,11,19H,5-6,17H2,1-2H3,(H,18,20). The fourth-order valence-corrected chi connectivity index (χ4v) is 3.51. The quantitative estimate of drug-likeness (QED) is 0.789. The number of aliphatic hydroxyl groups is 1. The molecule has 4 nitrogen and oxygen atoms in total. The first-order valence-electron chi connectivity index (χ1n) is 6.83. The number of benzene rings is 1. The number of thiophene rings is 1. The van der Waals surface area contributed by atoms with E-state index in [1.54, 1.807) is 6.07 Å². The van der Waals surface area contributed by atoms with Gasteiger partial charge in [-0.3, -0.25) is 4.79 Å². The molecule has 1 amide bonds. The van der Waals surface area contributed by atoms with Gasteiger partial charge in [0.2, 0.25) is 0 Å². The second-order valence-corrected chi connectivity index (χ2v) is 6.81. The largest absolute Gasteiger partial charge is 0.397 e. The summed E-state index contributed by atoms with van der Waals surface area (Å²) in [6.07, 6.45) is 0.528. The SMILES string of the molecule is CC(C)C(CCO)NC(=O)c1sc2cc(Cl)ccc2c1N. The van der Waals surface area contributed by atoms with E-state index in [1.807, 2.05) is 26.0 Å². The number of nitrogens with two attached hydrogens (primary N) is 1. The Labute approximate surface area is 132 Å². The number of halogens is 1. The van der Waals surface area contributed by atoms with Crippen LogP contribution in [-0.4, -0.2) is 23.7 Å². The Bertz CT molecular complexity index is 654. The zero-order valence-electron chi connectivity index (χ0n) is 12.0. The van der Waals surface area contributed by atoms with Gasteiger partial charge in [0.05, 0.1) is 5.69 Å². The molecule has 4 N–H and O–H groups in total. The first-order chi connectivity index (χ1) is 9.93. The van der Waals surface area contributed by atoms with Crippen LogP contribution in [0.1, 0.15) is 29.9 Å². The molecule has 6 heteroatoms. The second kappa shape index (κ2) is 6.64. The van der Waals surface area contributed by atoms with E-state index in [0.717, 1.165) is 10.1 Å². The minimum atomic E-state index is -0.197. The highest BCUT2D eigenvalue weighted by atomic mass is 35.5. The van der Waals surface area contributed by atoms with Crippen LogP contribution in [0.15, 0.2) is 18.2 Å². The molecule has 0 aliphatic rings. The van der Waals surface area contributed by atoms with Crippen LogP contribution in [0.4, 0.5) is 5.69 Å². The number of hydrogen-bond donors (Lipinski definition) is 3. The number of amides is 1. The van der Waals surface area contributed by atoms with Crippen molar-refractivity contribution < 1.29 is 9.90 Å². The molecule has 0 spiro atoms. The molecule has 1 aromatic heterocycles. The molecular formula is C15H19ClN2O2S. The van der Waals surface area contributed by atoms with Gasteiger partial charge in [0, 0.05) is 27.8 Å².